The van der Waals surface area contributed by atoms with Crippen LogP contribution in [0, 0.1) is 0 Å². The molecule has 172 valence electrons. The molecule has 0 radical (unpaired) electrons. The molecule has 3 aromatic rings. The molecule has 0 aromatic heterocycles. The van der Waals surface area contributed by atoms with Crippen LogP contribution in [-0.2, 0) is 27.3 Å². The van der Waals surface area contributed by atoms with Gasteiger partial charge in [-0.3, -0.25) is 4.79 Å². The minimum atomic E-state index is -1.01. The molecule has 6 nitrogen and oxygen atoms in total. The van der Waals surface area contributed by atoms with Crippen molar-refractivity contribution >= 4 is 11.9 Å². The van der Waals surface area contributed by atoms with Gasteiger partial charge in [0.15, 0.2) is 12.7 Å². The minimum Gasteiger partial charge on any atom is -0.484 e. The summed E-state index contributed by atoms with van der Waals surface area (Å²) in [6.07, 6.45) is -0.644. The van der Waals surface area contributed by atoms with E-state index in [2.05, 4.69) is 0 Å². The van der Waals surface area contributed by atoms with Crippen molar-refractivity contribution in [3.05, 3.63) is 102 Å². The zero-order valence-corrected chi connectivity index (χ0v) is 18.9. The predicted octanol–water partition coefficient (Wildman–Crippen LogP) is 4.50. The third-order valence-electron chi connectivity index (χ3n) is 5.53. The first kappa shape index (κ1) is 24.0. The molecular weight excluding hydrogens is 418 g/mol. The molecule has 0 fully saturated rings. The van der Waals surface area contributed by atoms with E-state index in [1.165, 1.54) is 7.11 Å². The van der Waals surface area contributed by atoms with Gasteiger partial charge in [-0.05, 0) is 35.7 Å². The molecule has 2 atom stereocenters. The quantitative estimate of drug-likeness (QED) is 0.468. The summed E-state index contributed by atoms with van der Waals surface area (Å²) in [4.78, 5) is 26.1. The first-order valence-corrected chi connectivity index (χ1v) is 10.8. The molecular formula is C27H29NO5. The first-order valence-electron chi connectivity index (χ1n) is 10.8. The highest BCUT2D eigenvalue weighted by Crippen LogP contribution is 2.23. The van der Waals surface area contributed by atoms with E-state index in [-0.39, 0.29) is 25.0 Å². The van der Waals surface area contributed by atoms with Crippen molar-refractivity contribution < 1.29 is 24.2 Å². The van der Waals surface area contributed by atoms with Crippen molar-refractivity contribution in [2.75, 3.05) is 13.7 Å². The fourth-order valence-corrected chi connectivity index (χ4v) is 3.57. The van der Waals surface area contributed by atoms with E-state index in [4.69, 9.17) is 14.6 Å². The highest BCUT2D eigenvalue weighted by atomic mass is 16.5. The summed E-state index contributed by atoms with van der Waals surface area (Å²) in [5, 5.41) is 9.13. The third-order valence-corrected chi connectivity index (χ3v) is 5.53. The second-order valence-corrected chi connectivity index (χ2v) is 7.79. The van der Waals surface area contributed by atoms with Gasteiger partial charge in [-0.1, -0.05) is 72.8 Å². The second kappa shape index (κ2) is 11.8. The number of carbonyl (C=O) groups excluding carboxylic acids is 1. The van der Waals surface area contributed by atoms with Gasteiger partial charge < -0.3 is 19.5 Å². The van der Waals surface area contributed by atoms with Crippen LogP contribution in [0.5, 0.6) is 5.75 Å². The maximum Gasteiger partial charge on any atom is 0.333 e. The van der Waals surface area contributed by atoms with Crippen LogP contribution in [0.25, 0.3) is 0 Å². The number of ether oxygens (including phenoxy) is 2. The van der Waals surface area contributed by atoms with Gasteiger partial charge in [0.05, 0.1) is 6.04 Å². The Morgan fingerprint density at radius 3 is 2.06 bits per heavy atom. The molecule has 3 aromatic carbocycles. The third kappa shape index (κ3) is 6.92. The van der Waals surface area contributed by atoms with Crippen molar-refractivity contribution in [3.63, 3.8) is 0 Å². The topological polar surface area (TPSA) is 76.1 Å². The summed E-state index contributed by atoms with van der Waals surface area (Å²) in [6.45, 7) is 2.39. The van der Waals surface area contributed by atoms with E-state index in [1.807, 2.05) is 72.5 Å². The Kier molecular flexibility index (Phi) is 8.61. The number of aliphatic carboxylic acids is 1. The zero-order chi connectivity index (χ0) is 23.6. The van der Waals surface area contributed by atoms with Crippen LogP contribution in [0.2, 0.25) is 0 Å². The Morgan fingerprint density at radius 2 is 1.48 bits per heavy atom. The van der Waals surface area contributed by atoms with Crippen LogP contribution in [0.15, 0.2) is 84.9 Å². The second-order valence-electron chi connectivity index (χ2n) is 7.79. The number of carboxylic acids is 1. The minimum absolute atomic E-state index is 0.0980. The lowest BCUT2D eigenvalue weighted by molar-refractivity contribution is -0.148. The van der Waals surface area contributed by atoms with Crippen LogP contribution in [0.1, 0.15) is 29.7 Å². The Hall–Kier alpha value is -3.64. The highest BCUT2D eigenvalue weighted by molar-refractivity contribution is 5.78. The van der Waals surface area contributed by atoms with Gasteiger partial charge in [0.25, 0.3) is 5.91 Å². The summed E-state index contributed by atoms with van der Waals surface area (Å²) in [5.74, 6) is -0.581. The molecule has 0 aliphatic heterocycles. The molecule has 0 aliphatic rings. The molecule has 1 unspecified atom stereocenters. The van der Waals surface area contributed by atoms with E-state index in [9.17, 15) is 9.59 Å². The maximum absolute atomic E-state index is 13.2. The average molecular weight is 448 g/mol. The normalized spacial score (nSPS) is 12.5. The number of benzene rings is 3. The number of nitrogens with zero attached hydrogens (tertiary/aromatic N) is 1. The molecule has 0 spiro atoms. The van der Waals surface area contributed by atoms with E-state index in [1.54, 1.807) is 24.3 Å². The van der Waals surface area contributed by atoms with Gasteiger partial charge in [0.1, 0.15) is 5.75 Å². The number of rotatable bonds is 11. The molecule has 6 heteroatoms. The molecule has 1 N–H and O–H groups in total. The lowest BCUT2D eigenvalue weighted by atomic mass is 10.1. The molecule has 1 amide bonds. The van der Waals surface area contributed by atoms with Crippen LogP contribution in [0.3, 0.4) is 0 Å². The SMILES string of the molecule is CO[C@@H](Cc1ccc(OCC(=O)N(Cc2ccccc2)C(C)c2ccccc2)cc1)C(=O)O. The Labute approximate surface area is 194 Å². The van der Waals surface area contributed by atoms with Crippen LogP contribution in [-0.4, -0.2) is 41.7 Å². The molecule has 0 saturated carbocycles. The lowest BCUT2D eigenvalue weighted by Crippen LogP contribution is -2.36. The van der Waals surface area contributed by atoms with Gasteiger partial charge in [0.2, 0.25) is 0 Å². The number of methoxy groups -OCH3 is 1. The molecule has 0 bridgehead atoms. The van der Waals surface area contributed by atoms with E-state index < -0.39 is 12.1 Å². The lowest BCUT2D eigenvalue weighted by Gasteiger charge is -2.30. The summed E-state index contributed by atoms with van der Waals surface area (Å²) in [5.41, 5.74) is 2.91. The van der Waals surface area contributed by atoms with E-state index >= 15 is 0 Å². The van der Waals surface area contributed by atoms with Crippen molar-refractivity contribution in [2.45, 2.75) is 32.0 Å². The smallest absolute Gasteiger partial charge is 0.333 e. The van der Waals surface area contributed by atoms with Crippen molar-refractivity contribution in [3.8, 4) is 5.75 Å². The summed E-state index contributed by atoms with van der Waals surface area (Å²) in [7, 11) is 1.37. The maximum atomic E-state index is 13.2. The number of hydrogen-bond acceptors (Lipinski definition) is 4. The van der Waals surface area contributed by atoms with Crippen molar-refractivity contribution in [2.24, 2.45) is 0 Å². The Morgan fingerprint density at radius 1 is 0.879 bits per heavy atom. The molecule has 0 aliphatic carbocycles. The van der Waals surface area contributed by atoms with E-state index in [0.29, 0.717) is 12.3 Å². The number of hydrogen-bond donors (Lipinski definition) is 1. The van der Waals surface area contributed by atoms with Gasteiger partial charge >= 0.3 is 5.97 Å². The fraction of sp³-hybridized carbons (Fsp3) is 0.259. The Bertz CT molecular complexity index is 1020. The Balaban J connectivity index is 1.67. The highest BCUT2D eigenvalue weighted by Gasteiger charge is 2.22. The van der Waals surface area contributed by atoms with Gasteiger partial charge in [-0.25, -0.2) is 4.79 Å². The van der Waals surface area contributed by atoms with Gasteiger partial charge in [-0.15, -0.1) is 0 Å². The van der Waals surface area contributed by atoms with Crippen molar-refractivity contribution in [1.82, 2.24) is 4.90 Å². The largest absolute Gasteiger partial charge is 0.484 e. The average Bonchev–Trinajstić information content (AvgIpc) is 2.85. The van der Waals surface area contributed by atoms with Crippen molar-refractivity contribution in [1.29, 1.82) is 0 Å². The van der Waals surface area contributed by atoms with Gasteiger partial charge in [0, 0.05) is 20.1 Å². The number of carbonyl (C=O) groups is 2. The first-order chi connectivity index (χ1) is 16.0. The van der Waals surface area contributed by atoms with E-state index in [0.717, 1.165) is 16.7 Å². The number of amides is 1. The summed E-state index contributed by atoms with van der Waals surface area (Å²) < 4.78 is 10.7. The molecule has 0 heterocycles. The van der Waals surface area contributed by atoms with Crippen LogP contribution in [0.4, 0.5) is 0 Å². The van der Waals surface area contributed by atoms with Gasteiger partial charge in [-0.2, -0.15) is 0 Å². The number of carboxylic acid groups (broad SMARTS) is 1. The molecule has 33 heavy (non-hydrogen) atoms. The zero-order valence-electron chi connectivity index (χ0n) is 18.9. The predicted molar refractivity (Wildman–Crippen MR) is 126 cm³/mol. The standard InChI is InChI=1S/C27H29NO5/c1-20(23-11-7-4-8-12-23)28(18-22-9-5-3-6-10-22)26(29)19-33-24-15-13-21(14-16-24)17-25(32-2)27(30)31/h3-16,20,25H,17-19H2,1-2H3,(H,30,31)/t20?,25-/m0/s1. The molecule has 3 rings (SSSR count). The van der Waals surface area contributed by atoms with Crippen LogP contribution >= 0.6 is 0 Å². The fourth-order valence-electron chi connectivity index (χ4n) is 3.57. The molecule has 0 saturated heterocycles. The summed E-state index contributed by atoms with van der Waals surface area (Å²) in [6, 6.07) is 26.7. The van der Waals surface area contributed by atoms with Crippen LogP contribution < -0.4 is 4.74 Å². The summed E-state index contributed by atoms with van der Waals surface area (Å²) >= 11 is 0. The monoisotopic (exact) mass is 447 g/mol.